The molecule has 2 rings (SSSR count). The molecule has 0 radical (unpaired) electrons. The molecular weight excluding hydrogens is 240 g/mol. The van der Waals surface area contributed by atoms with E-state index < -0.39 is 6.10 Å². The predicted molar refractivity (Wildman–Crippen MR) is 76.1 cm³/mol. The number of benzene rings is 1. The Morgan fingerprint density at radius 3 is 2.68 bits per heavy atom. The fourth-order valence-electron chi connectivity index (χ4n) is 2.59. The van der Waals surface area contributed by atoms with Gasteiger partial charge in [-0.2, -0.15) is 0 Å². The highest BCUT2D eigenvalue weighted by atomic mass is 16.3. The van der Waals surface area contributed by atoms with Gasteiger partial charge in [0.05, 0.1) is 12.0 Å². The number of nitrogens with one attached hydrogen (secondary N) is 1. The van der Waals surface area contributed by atoms with Gasteiger partial charge in [-0.15, -0.1) is 0 Å². The van der Waals surface area contributed by atoms with Crippen LogP contribution in [0.25, 0.3) is 0 Å². The summed E-state index contributed by atoms with van der Waals surface area (Å²) in [6.45, 7) is 3.52. The monoisotopic (exact) mass is 262 g/mol. The molecule has 0 spiro atoms. The molecule has 1 unspecified atom stereocenters. The third-order valence-corrected chi connectivity index (χ3v) is 3.78. The summed E-state index contributed by atoms with van der Waals surface area (Å²) in [6, 6.07) is 7.94. The summed E-state index contributed by atoms with van der Waals surface area (Å²) in [4.78, 5) is 14.0. The molecule has 0 aliphatic carbocycles. The molecule has 104 valence electrons. The van der Waals surface area contributed by atoms with Gasteiger partial charge in [0.25, 0.3) is 0 Å². The predicted octanol–water partition coefficient (Wildman–Crippen LogP) is 1.70. The average molecular weight is 262 g/mol. The summed E-state index contributed by atoms with van der Waals surface area (Å²) in [5.74, 6) is 0.209. The molecule has 4 nitrogen and oxygen atoms in total. The van der Waals surface area contributed by atoms with E-state index in [4.69, 9.17) is 0 Å². The van der Waals surface area contributed by atoms with E-state index in [9.17, 15) is 9.90 Å². The van der Waals surface area contributed by atoms with E-state index >= 15 is 0 Å². The zero-order valence-corrected chi connectivity index (χ0v) is 11.6. The van der Waals surface area contributed by atoms with E-state index in [-0.39, 0.29) is 11.8 Å². The second kappa shape index (κ2) is 6.06. The largest absolute Gasteiger partial charge is 0.389 e. The lowest BCUT2D eigenvalue weighted by molar-refractivity contribution is -0.124. The Morgan fingerprint density at radius 1 is 1.42 bits per heavy atom. The maximum atomic E-state index is 11.7. The maximum Gasteiger partial charge on any atom is 0.224 e. The van der Waals surface area contributed by atoms with Crippen molar-refractivity contribution in [2.24, 2.45) is 5.92 Å². The normalized spacial score (nSPS) is 21.0. The highest BCUT2D eigenvalue weighted by Gasteiger charge is 2.25. The fourth-order valence-corrected chi connectivity index (χ4v) is 2.59. The van der Waals surface area contributed by atoms with Crippen molar-refractivity contribution in [2.75, 3.05) is 25.0 Å². The molecule has 4 heteroatoms. The number of aliphatic hydroxyl groups is 1. The quantitative estimate of drug-likeness (QED) is 0.872. The summed E-state index contributed by atoms with van der Waals surface area (Å²) in [7, 11) is 1.69. The van der Waals surface area contributed by atoms with Crippen LogP contribution in [0.5, 0.6) is 0 Å². The van der Waals surface area contributed by atoms with E-state index in [1.165, 1.54) is 0 Å². The van der Waals surface area contributed by atoms with Gasteiger partial charge in [-0.3, -0.25) is 4.79 Å². The first kappa shape index (κ1) is 13.9. The van der Waals surface area contributed by atoms with E-state index in [0.717, 1.165) is 37.2 Å². The first-order valence-electron chi connectivity index (χ1n) is 6.86. The van der Waals surface area contributed by atoms with Crippen molar-refractivity contribution < 1.29 is 9.90 Å². The molecular formula is C15H22N2O2. The number of nitrogens with zero attached hydrogens (tertiary/aromatic N) is 1. The van der Waals surface area contributed by atoms with Gasteiger partial charge in [0, 0.05) is 25.8 Å². The molecule has 19 heavy (non-hydrogen) atoms. The van der Waals surface area contributed by atoms with Crippen LogP contribution in [0, 0.1) is 5.92 Å². The fraction of sp³-hybridized carbons (Fsp3) is 0.533. The number of piperidine rings is 1. The molecule has 1 aliphatic rings. The summed E-state index contributed by atoms with van der Waals surface area (Å²) in [5, 5.41) is 12.2. The van der Waals surface area contributed by atoms with Crippen LogP contribution in [-0.2, 0) is 4.79 Å². The van der Waals surface area contributed by atoms with E-state index in [1.54, 1.807) is 14.0 Å². The lowest BCUT2D eigenvalue weighted by Gasteiger charge is -2.33. The number of carbonyl (C=O) groups is 1. The third kappa shape index (κ3) is 3.26. The number of hydrogen-bond acceptors (Lipinski definition) is 3. The van der Waals surface area contributed by atoms with Crippen LogP contribution in [0.2, 0.25) is 0 Å². The number of hydrogen-bond donors (Lipinski definition) is 2. The molecule has 2 atom stereocenters. The lowest BCUT2D eigenvalue weighted by Crippen LogP contribution is -2.42. The molecule has 0 bridgehead atoms. The van der Waals surface area contributed by atoms with Gasteiger partial charge in [0.2, 0.25) is 5.91 Å². The Hall–Kier alpha value is -1.55. The molecule has 1 amide bonds. The molecule has 1 saturated heterocycles. The SMILES string of the molecule is CNC(=O)C1CCCN(c2ccc([C@H](C)O)cc2)C1. The van der Waals surface area contributed by atoms with Crippen LogP contribution < -0.4 is 10.2 Å². The van der Waals surface area contributed by atoms with Crippen molar-refractivity contribution in [3.05, 3.63) is 29.8 Å². The van der Waals surface area contributed by atoms with Crippen molar-refractivity contribution in [3.63, 3.8) is 0 Å². The second-order valence-electron chi connectivity index (χ2n) is 5.17. The number of amides is 1. The topological polar surface area (TPSA) is 52.6 Å². The van der Waals surface area contributed by atoms with Crippen LogP contribution >= 0.6 is 0 Å². The van der Waals surface area contributed by atoms with Gasteiger partial charge in [0.1, 0.15) is 0 Å². The minimum atomic E-state index is -0.436. The highest BCUT2D eigenvalue weighted by molar-refractivity contribution is 5.79. The van der Waals surface area contributed by atoms with Crippen molar-refractivity contribution in [1.29, 1.82) is 0 Å². The van der Waals surface area contributed by atoms with E-state index in [2.05, 4.69) is 10.2 Å². The Kier molecular flexibility index (Phi) is 4.43. The Morgan fingerprint density at radius 2 is 2.11 bits per heavy atom. The van der Waals surface area contributed by atoms with Crippen LogP contribution in [0.3, 0.4) is 0 Å². The van der Waals surface area contributed by atoms with E-state index in [0.29, 0.717) is 0 Å². The molecule has 2 N–H and O–H groups in total. The van der Waals surface area contributed by atoms with Crippen molar-refractivity contribution in [2.45, 2.75) is 25.9 Å². The van der Waals surface area contributed by atoms with E-state index in [1.807, 2.05) is 24.3 Å². The first-order valence-corrected chi connectivity index (χ1v) is 6.86. The van der Waals surface area contributed by atoms with Gasteiger partial charge in [-0.25, -0.2) is 0 Å². The maximum absolute atomic E-state index is 11.7. The van der Waals surface area contributed by atoms with Gasteiger partial charge in [-0.05, 0) is 37.5 Å². The van der Waals surface area contributed by atoms with Crippen LogP contribution in [0.15, 0.2) is 24.3 Å². The molecule has 0 saturated carbocycles. The first-order chi connectivity index (χ1) is 9.11. The van der Waals surface area contributed by atoms with Crippen molar-refractivity contribution in [3.8, 4) is 0 Å². The Bertz CT molecular complexity index is 428. The smallest absolute Gasteiger partial charge is 0.224 e. The minimum Gasteiger partial charge on any atom is -0.389 e. The molecule has 1 heterocycles. The molecule has 1 aliphatic heterocycles. The zero-order valence-electron chi connectivity index (χ0n) is 11.6. The average Bonchev–Trinajstić information content (AvgIpc) is 2.46. The lowest BCUT2D eigenvalue weighted by atomic mass is 9.96. The minimum absolute atomic E-state index is 0.0789. The number of anilines is 1. The van der Waals surface area contributed by atoms with Crippen molar-refractivity contribution >= 4 is 11.6 Å². The van der Waals surface area contributed by atoms with Crippen LogP contribution in [0.1, 0.15) is 31.4 Å². The van der Waals surface area contributed by atoms with Gasteiger partial charge >= 0.3 is 0 Å². The summed E-state index contributed by atoms with van der Waals surface area (Å²) < 4.78 is 0. The Labute approximate surface area is 114 Å². The van der Waals surface area contributed by atoms with Crippen LogP contribution in [0.4, 0.5) is 5.69 Å². The molecule has 1 fully saturated rings. The Balaban J connectivity index is 2.06. The number of aliphatic hydroxyl groups excluding tert-OH is 1. The number of carbonyl (C=O) groups excluding carboxylic acids is 1. The molecule has 1 aromatic carbocycles. The second-order valence-corrected chi connectivity index (χ2v) is 5.17. The molecule has 1 aromatic rings. The highest BCUT2D eigenvalue weighted by Crippen LogP contribution is 2.24. The van der Waals surface area contributed by atoms with Crippen molar-refractivity contribution in [1.82, 2.24) is 5.32 Å². The summed E-state index contributed by atoms with van der Waals surface area (Å²) in [5.41, 5.74) is 2.04. The zero-order chi connectivity index (χ0) is 13.8. The van der Waals surface area contributed by atoms with Gasteiger partial charge < -0.3 is 15.3 Å². The van der Waals surface area contributed by atoms with Gasteiger partial charge in [0.15, 0.2) is 0 Å². The number of rotatable bonds is 3. The van der Waals surface area contributed by atoms with Crippen LogP contribution in [-0.4, -0.2) is 31.2 Å². The summed E-state index contributed by atoms with van der Waals surface area (Å²) in [6.07, 6.45) is 1.56. The third-order valence-electron chi connectivity index (χ3n) is 3.78. The summed E-state index contributed by atoms with van der Waals surface area (Å²) >= 11 is 0. The standard InChI is InChI=1S/C15H22N2O2/c1-11(18)12-5-7-14(8-6-12)17-9-3-4-13(10-17)15(19)16-2/h5-8,11,13,18H,3-4,9-10H2,1-2H3,(H,16,19)/t11-,13?/m0/s1. The molecule has 0 aromatic heterocycles. The van der Waals surface area contributed by atoms with Gasteiger partial charge in [-0.1, -0.05) is 12.1 Å².